The van der Waals surface area contributed by atoms with E-state index in [0.29, 0.717) is 17.7 Å². The first-order valence-electron chi connectivity index (χ1n) is 7.04. The SMILES string of the molecule is CCOC(=O)c1cccc(C#CCNC(=O)OC(C)(C)C)c1. The predicted octanol–water partition coefficient (Wildman–Crippen LogP) is 2.74. The van der Waals surface area contributed by atoms with Gasteiger partial charge in [0.15, 0.2) is 0 Å². The van der Waals surface area contributed by atoms with Gasteiger partial charge in [-0.15, -0.1) is 0 Å². The Morgan fingerprint density at radius 2 is 2.00 bits per heavy atom. The molecule has 1 amide bonds. The van der Waals surface area contributed by atoms with Crippen molar-refractivity contribution in [1.29, 1.82) is 0 Å². The zero-order valence-electron chi connectivity index (χ0n) is 13.4. The molecule has 1 rings (SSSR count). The molecule has 118 valence electrons. The summed E-state index contributed by atoms with van der Waals surface area (Å²) in [4.78, 5) is 23.0. The van der Waals surface area contributed by atoms with E-state index >= 15 is 0 Å². The molecular formula is C17H21NO4. The van der Waals surface area contributed by atoms with E-state index in [4.69, 9.17) is 9.47 Å². The van der Waals surface area contributed by atoms with Crippen LogP contribution in [-0.4, -0.2) is 30.8 Å². The van der Waals surface area contributed by atoms with E-state index in [2.05, 4.69) is 17.2 Å². The lowest BCUT2D eigenvalue weighted by molar-refractivity contribution is 0.0519. The lowest BCUT2D eigenvalue weighted by Crippen LogP contribution is -2.32. The zero-order chi connectivity index (χ0) is 16.6. The van der Waals surface area contributed by atoms with Crippen LogP contribution in [0.3, 0.4) is 0 Å². The monoisotopic (exact) mass is 303 g/mol. The van der Waals surface area contributed by atoms with Gasteiger partial charge in [0.05, 0.1) is 18.7 Å². The molecule has 0 heterocycles. The van der Waals surface area contributed by atoms with Crippen LogP contribution in [0.2, 0.25) is 0 Å². The van der Waals surface area contributed by atoms with Gasteiger partial charge in [0.25, 0.3) is 0 Å². The molecular weight excluding hydrogens is 282 g/mol. The highest BCUT2D eigenvalue weighted by Crippen LogP contribution is 2.07. The highest BCUT2D eigenvalue weighted by molar-refractivity contribution is 5.89. The number of esters is 1. The Bertz CT molecular complexity index is 591. The number of rotatable bonds is 3. The standard InChI is InChI=1S/C17H21NO4/c1-5-21-15(19)14-10-6-8-13(12-14)9-7-11-18-16(20)22-17(2,3)4/h6,8,10,12H,5,11H2,1-4H3,(H,18,20). The molecule has 1 aromatic rings. The second-order valence-corrected chi connectivity index (χ2v) is 5.46. The Morgan fingerprint density at radius 1 is 1.27 bits per heavy atom. The van der Waals surface area contributed by atoms with Crippen LogP contribution >= 0.6 is 0 Å². The molecule has 0 spiro atoms. The van der Waals surface area contributed by atoms with Crippen LogP contribution in [0.25, 0.3) is 0 Å². The van der Waals surface area contributed by atoms with Gasteiger partial charge in [0.2, 0.25) is 0 Å². The molecule has 0 saturated heterocycles. The summed E-state index contributed by atoms with van der Waals surface area (Å²) in [6.45, 7) is 7.62. The maximum Gasteiger partial charge on any atom is 0.408 e. The summed E-state index contributed by atoms with van der Waals surface area (Å²) in [6, 6.07) is 6.83. The van der Waals surface area contributed by atoms with Gasteiger partial charge in [0, 0.05) is 5.56 Å². The molecule has 0 atom stereocenters. The largest absolute Gasteiger partial charge is 0.462 e. The fourth-order valence-corrected chi connectivity index (χ4v) is 1.52. The summed E-state index contributed by atoms with van der Waals surface area (Å²) >= 11 is 0. The molecule has 1 aromatic carbocycles. The first-order valence-corrected chi connectivity index (χ1v) is 7.04. The molecule has 0 aromatic heterocycles. The molecule has 0 unspecified atom stereocenters. The van der Waals surface area contributed by atoms with Crippen LogP contribution in [0.5, 0.6) is 0 Å². The zero-order valence-corrected chi connectivity index (χ0v) is 13.4. The van der Waals surface area contributed by atoms with Gasteiger partial charge in [-0.2, -0.15) is 0 Å². The number of benzene rings is 1. The second-order valence-electron chi connectivity index (χ2n) is 5.46. The summed E-state index contributed by atoms with van der Waals surface area (Å²) in [5, 5.41) is 2.54. The van der Waals surface area contributed by atoms with Crippen molar-refractivity contribution in [3.8, 4) is 11.8 Å². The Kier molecular flexibility index (Phi) is 6.46. The van der Waals surface area contributed by atoms with E-state index < -0.39 is 11.7 Å². The third-order valence-electron chi connectivity index (χ3n) is 2.33. The molecule has 0 bridgehead atoms. The Labute approximate surface area is 131 Å². The van der Waals surface area contributed by atoms with Crippen molar-refractivity contribution in [1.82, 2.24) is 5.32 Å². The van der Waals surface area contributed by atoms with Crippen LogP contribution < -0.4 is 5.32 Å². The molecule has 0 aliphatic carbocycles. The third-order valence-corrected chi connectivity index (χ3v) is 2.33. The molecule has 5 nitrogen and oxygen atoms in total. The number of amides is 1. The number of alkyl carbamates (subject to hydrolysis) is 1. The summed E-state index contributed by atoms with van der Waals surface area (Å²) in [5.74, 6) is 5.30. The number of nitrogens with one attached hydrogen (secondary N) is 1. The number of hydrogen-bond acceptors (Lipinski definition) is 4. The van der Waals surface area contributed by atoms with Gasteiger partial charge in [0.1, 0.15) is 5.60 Å². The average molecular weight is 303 g/mol. The highest BCUT2D eigenvalue weighted by atomic mass is 16.6. The van der Waals surface area contributed by atoms with Crippen LogP contribution in [0.4, 0.5) is 4.79 Å². The van der Waals surface area contributed by atoms with Crippen molar-refractivity contribution < 1.29 is 19.1 Å². The van der Waals surface area contributed by atoms with Crippen molar-refractivity contribution in [2.75, 3.05) is 13.2 Å². The van der Waals surface area contributed by atoms with Crippen molar-refractivity contribution in [3.05, 3.63) is 35.4 Å². The second kappa shape index (κ2) is 8.08. The molecule has 0 aliphatic heterocycles. The van der Waals surface area contributed by atoms with Gasteiger partial charge in [-0.25, -0.2) is 9.59 Å². The van der Waals surface area contributed by atoms with Crippen LogP contribution in [0.15, 0.2) is 24.3 Å². The molecule has 0 fully saturated rings. The average Bonchev–Trinajstić information content (AvgIpc) is 2.42. The van der Waals surface area contributed by atoms with E-state index in [1.54, 1.807) is 52.0 Å². The minimum absolute atomic E-state index is 0.165. The fourth-order valence-electron chi connectivity index (χ4n) is 1.52. The molecule has 5 heteroatoms. The molecule has 0 saturated carbocycles. The van der Waals surface area contributed by atoms with Crippen molar-refractivity contribution in [2.24, 2.45) is 0 Å². The molecule has 0 aliphatic rings. The minimum Gasteiger partial charge on any atom is -0.462 e. The van der Waals surface area contributed by atoms with Crippen molar-refractivity contribution >= 4 is 12.1 Å². The maximum absolute atomic E-state index is 11.6. The van der Waals surface area contributed by atoms with Crippen LogP contribution in [0, 0.1) is 11.8 Å². The summed E-state index contributed by atoms with van der Waals surface area (Å²) in [5.41, 5.74) is 0.594. The van der Waals surface area contributed by atoms with Gasteiger partial charge in [-0.1, -0.05) is 17.9 Å². The molecule has 22 heavy (non-hydrogen) atoms. The first-order chi connectivity index (χ1) is 10.3. The number of carbonyl (C=O) groups is 2. The smallest absolute Gasteiger partial charge is 0.408 e. The maximum atomic E-state index is 11.6. The number of carbonyl (C=O) groups excluding carboxylic acids is 2. The highest BCUT2D eigenvalue weighted by Gasteiger charge is 2.15. The number of hydrogen-bond donors (Lipinski definition) is 1. The summed E-state index contributed by atoms with van der Waals surface area (Å²) in [7, 11) is 0. The van der Waals surface area contributed by atoms with Crippen molar-refractivity contribution in [2.45, 2.75) is 33.3 Å². The Morgan fingerprint density at radius 3 is 2.64 bits per heavy atom. The summed E-state index contributed by atoms with van der Waals surface area (Å²) in [6.07, 6.45) is -0.512. The van der Waals surface area contributed by atoms with Gasteiger partial charge in [-0.3, -0.25) is 0 Å². The lowest BCUT2D eigenvalue weighted by Gasteiger charge is -2.18. The Balaban J connectivity index is 2.56. The van der Waals surface area contributed by atoms with E-state index in [9.17, 15) is 9.59 Å². The van der Waals surface area contributed by atoms with Crippen LogP contribution in [-0.2, 0) is 9.47 Å². The van der Waals surface area contributed by atoms with Crippen molar-refractivity contribution in [3.63, 3.8) is 0 Å². The quantitative estimate of drug-likeness (QED) is 0.689. The van der Waals surface area contributed by atoms with Gasteiger partial charge in [-0.05, 0) is 45.9 Å². The van der Waals surface area contributed by atoms with E-state index in [-0.39, 0.29) is 12.5 Å². The normalized spacial score (nSPS) is 10.2. The first kappa shape index (κ1) is 17.6. The van der Waals surface area contributed by atoms with Gasteiger partial charge < -0.3 is 14.8 Å². The third kappa shape index (κ3) is 6.80. The van der Waals surface area contributed by atoms with E-state index in [0.717, 1.165) is 0 Å². The van der Waals surface area contributed by atoms with E-state index in [1.807, 2.05) is 0 Å². The van der Waals surface area contributed by atoms with Gasteiger partial charge >= 0.3 is 12.1 Å². The fraction of sp³-hybridized carbons (Fsp3) is 0.412. The van der Waals surface area contributed by atoms with Crippen LogP contribution in [0.1, 0.15) is 43.6 Å². The van der Waals surface area contributed by atoms with E-state index in [1.165, 1.54) is 0 Å². The summed E-state index contributed by atoms with van der Waals surface area (Å²) < 4.78 is 10.0. The predicted molar refractivity (Wildman–Crippen MR) is 83.5 cm³/mol. The minimum atomic E-state index is -0.536. The molecule has 0 radical (unpaired) electrons. The lowest BCUT2D eigenvalue weighted by atomic mass is 10.1. The molecule has 1 N–H and O–H groups in total. The topological polar surface area (TPSA) is 64.6 Å². The Hall–Kier alpha value is -2.48. The number of ether oxygens (including phenoxy) is 2.